The van der Waals surface area contributed by atoms with Gasteiger partial charge >= 0.3 is 0 Å². The van der Waals surface area contributed by atoms with E-state index in [0.717, 1.165) is 17.0 Å². The highest BCUT2D eigenvalue weighted by Gasteiger charge is 2.14. The second kappa shape index (κ2) is 8.70. The molecular weight excluding hydrogens is 348 g/mol. The summed E-state index contributed by atoms with van der Waals surface area (Å²) in [5.41, 5.74) is 3.81. The van der Waals surface area contributed by atoms with Crippen molar-refractivity contribution in [3.8, 4) is 5.75 Å². The van der Waals surface area contributed by atoms with E-state index in [2.05, 4.69) is 31.1 Å². The van der Waals surface area contributed by atoms with E-state index in [-0.39, 0.29) is 11.3 Å². The highest BCUT2D eigenvalue weighted by atomic mass is 16.5. The fraction of sp³-hybridized carbons (Fsp3) is 0.250. The Hall–Kier alpha value is -3.14. The van der Waals surface area contributed by atoms with Crippen LogP contribution in [0.25, 0.3) is 0 Å². The molecule has 2 aromatic carbocycles. The molecule has 28 heavy (non-hydrogen) atoms. The average molecular weight is 374 g/mol. The third kappa shape index (κ3) is 5.43. The number of benzene rings is 2. The number of carbonyl (C=O) groups excluding carboxylic acids is 1. The van der Waals surface area contributed by atoms with Gasteiger partial charge in [0.25, 0.3) is 5.91 Å². The molecule has 1 heterocycles. The second-order valence-electron chi connectivity index (χ2n) is 7.77. The number of carbonyl (C=O) groups is 1. The van der Waals surface area contributed by atoms with Gasteiger partial charge in [-0.3, -0.25) is 9.78 Å². The quantitative estimate of drug-likeness (QED) is 0.668. The molecule has 1 amide bonds. The van der Waals surface area contributed by atoms with E-state index in [1.54, 1.807) is 6.20 Å². The zero-order chi connectivity index (χ0) is 20.0. The molecule has 144 valence electrons. The summed E-state index contributed by atoms with van der Waals surface area (Å²) >= 11 is 0. The van der Waals surface area contributed by atoms with Gasteiger partial charge in [-0.15, -0.1) is 0 Å². The second-order valence-corrected chi connectivity index (χ2v) is 7.77. The van der Waals surface area contributed by atoms with E-state index in [0.29, 0.717) is 18.7 Å². The van der Waals surface area contributed by atoms with E-state index >= 15 is 0 Å². The highest BCUT2D eigenvalue weighted by Crippen LogP contribution is 2.22. The van der Waals surface area contributed by atoms with Crippen LogP contribution in [0.5, 0.6) is 5.75 Å². The Kier molecular flexibility index (Phi) is 6.09. The smallest absolute Gasteiger partial charge is 0.251 e. The van der Waals surface area contributed by atoms with Gasteiger partial charge in [0.05, 0.1) is 5.69 Å². The Labute approximate surface area is 166 Å². The van der Waals surface area contributed by atoms with Crippen molar-refractivity contribution >= 4 is 5.91 Å². The van der Waals surface area contributed by atoms with Crippen LogP contribution in [0.15, 0.2) is 72.9 Å². The molecule has 3 aromatic rings. The number of ether oxygens (including phenoxy) is 1. The average Bonchev–Trinajstić information content (AvgIpc) is 2.71. The minimum absolute atomic E-state index is 0.0741. The lowest BCUT2D eigenvalue weighted by Gasteiger charge is -2.19. The minimum Gasteiger partial charge on any atom is -0.487 e. The number of amides is 1. The molecule has 4 nitrogen and oxygen atoms in total. The third-order valence-corrected chi connectivity index (χ3v) is 4.48. The number of hydrogen-bond acceptors (Lipinski definition) is 3. The maximum Gasteiger partial charge on any atom is 0.251 e. The number of pyridine rings is 1. The number of rotatable bonds is 6. The molecule has 0 radical (unpaired) electrons. The molecular formula is C24H26N2O2. The van der Waals surface area contributed by atoms with Gasteiger partial charge < -0.3 is 10.1 Å². The van der Waals surface area contributed by atoms with Crippen molar-refractivity contribution in [3.05, 3.63) is 95.3 Å². The van der Waals surface area contributed by atoms with Crippen molar-refractivity contribution in [2.24, 2.45) is 0 Å². The molecule has 0 fully saturated rings. The van der Waals surface area contributed by atoms with E-state index in [4.69, 9.17) is 4.74 Å². The molecule has 1 N–H and O–H groups in total. The molecule has 0 bridgehead atoms. The first-order valence-electron chi connectivity index (χ1n) is 9.42. The van der Waals surface area contributed by atoms with Crippen LogP contribution in [0, 0.1) is 0 Å². The Bertz CT molecular complexity index is 913. The molecule has 0 saturated carbocycles. The number of nitrogens with zero attached hydrogens (tertiary/aromatic N) is 1. The predicted molar refractivity (Wildman–Crippen MR) is 111 cm³/mol. The van der Waals surface area contributed by atoms with Crippen LogP contribution in [-0.2, 0) is 18.6 Å². The zero-order valence-corrected chi connectivity index (χ0v) is 16.6. The van der Waals surface area contributed by atoms with Crippen LogP contribution in [0.3, 0.4) is 0 Å². The van der Waals surface area contributed by atoms with Gasteiger partial charge in [-0.1, -0.05) is 51.1 Å². The standard InChI is InChI=1S/C24H26N2O2/c1-24(2,3)20-12-10-19(11-13-20)23(27)26-16-18-7-6-9-22(15-18)28-17-21-8-4-5-14-25-21/h4-15H,16-17H2,1-3H3,(H,26,27). The maximum absolute atomic E-state index is 12.4. The molecule has 0 atom stereocenters. The van der Waals surface area contributed by atoms with Crippen molar-refractivity contribution in [1.29, 1.82) is 0 Å². The fourth-order valence-corrected chi connectivity index (χ4v) is 2.79. The Morgan fingerprint density at radius 1 is 1.00 bits per heavy atom. The van der Waals surface area contributed by atoms with Crippen molar-refractivity contribution in [3.63, 3.8) is 0 Å². The summed E-state index contributed by atoms with van der Waals surface area (Å²) in [5, 5.41) is 2.97. The molecule has 0 aliphatic carbocycles. The van der Waals surface area contributed by atoms with Crippen LogP contribution in [0.2, 0.25) is 0 Å². The highest BCUT2D eigenvalue weighted by molar-refractivity contribution is 5.94. The van der Waals surface area contributed by atoms with Gasteiger partial charge in [0, 0.05) is 18.3 Å². The van der Waals surface area contributed by atoms with Gasteiger partial charge in [-0.25, -0.2) is 0 Å². The first-order valence-corrected chi connectivity index (χ1v) is 9.42. The minimum atomic E-state index is -0.0831. The first-order chi connectivity index (χ1) is 13.4. The van der Waals surface area contributed by atoms with Crippen LogP contribution in [0.4, 0.5) is 0 Å². The fourth-order valence-electron chi connectivity index (χ4n) is 2.79. The van der Waals surface area contributed by atoms with E-state index in [1.165, 1.54) is 5.56 Å². The van der Waals surface area contributed by atoms with Crippen LogP contribution >= 0.6 is 0 Å². The SMILES string of the molecule is CC(C)(C)c1ccc(C(=O)NCc2cccc(OCc3ccccn3)c2)cc1. The Balaban J connectivity index is 1.56. The summed E-state index contributed by atoms with van der Waals surface area (Å²) < 4.78 is 5.79. The van der Waals surface area contributed by atoms with Crippen LogP contribution in [0.1, 0.15) is 48.0 Å². The molecule has 0 unspecified atom stereocenters. The number of aromatic nitrogens is 1. The summed E-state index contributed by atoms with van der Waals surface area (Å²) in [5.74, 6) is 0.673. The zero-order valence-electron chi connectivity index (χ0n) is 16.6. The van der Waals surface area contributed by atoms with Crippen LogP contribution < -0.4 is 10.1 Å². The van der Waals surface area contributed by atoms with Crippen molar-refractivity contribution < 1.29 is 9.53 Å². The Morgan fingerprint density at radius 2 is 1.79 bits per heavy atom. The van der Waals surface area contributed by atoms with Crippen LogP contribution in [-0.4, -0.2) is 10.9 Å². The summed E-state index contributed by atoms with van der Waals surface area (Å²) in [7, 11) is 0. The lowest BCUT2D eigenvalue weighted by molar-refractivity contribution is 0.0951. The first kappa shape index (κ1) is 19.6. The maximum atomic E-state index is 12.4. The molecule has 3 rings (SSSR count). The van der Waals surface area contributed by atoms with Gasteiger partial charge in [-0.2, -0.15) is 0 Å². The normalized spacial score (nSPS) is 11.1. The molecule has 4 heteroatoms. The van der Waals surface area contributed by atoms with Gasteiger partial charge in [0.1, 0.15) is 12.4 Å². The third-order valence-electron chi connectivity index (χ3n) is 4.48. The number of nitrogens with one attached hydrogen (secondary N) is 1. The van der Waals surface area contributed by atoms with E-state index in [1.807, 2.05) is 66.7 Å². The lowest BCUT2D eigenvalue weighted by Crippen LogP contribution is -2.23. The summed E-state index contributed by atoms with van der Waals surface area (Å²) in [6.07, 6.45) is 1.75. The van der Waals surface area contributed by atoms with Crippen molar-refractivity contribution in [1.82, 2.24) is 10.3 Å². The van der Waals surface area contributed by atoms with Crippen molar-refractivity contribution in [2.45, 2.75) is 39.3 Å². The van der Waals surface area contributed by atoms with E-state index in [9.17, 15) is 4.79 Å². The molecule has 0 saturated heterocycles. The molecule has 0 spiro atoms. The van der Waals surface area contributed by atoms with Crippen molar-refractivity contribution in [2.75, 3.05) is 0 Å². The summed E-state index contributed by atoms with van der Waals surface area (Å²) in [6.45, 7) is 7.33. The van der Waals surface area contributed by atoms with E-state index < -0.39 is 0 Å². The summed E-state index contributed by atoms with van der Waals surface area (Å²) in [4.78, 5) is 16.7. The van der Waals surface area contributed by atoms with Gasteiger partial charge in [0.2, 0.25) is 0 Å². The summed E-state index contributed by atoms with van der Waals surface area (Å²) in [6, 6.07) is 21.3. The molecule has 1 aromatic heterocycles. The predicted octanol–water partition coefficient (Wildman–Crippen LogP) is 4.89. The molecule has 0 aliphatic heterocycles. The topological polar surface area (TPSA) is 51.2 Å². The van der Waals surface area contributed by atoms with Gasteiger partial charge in [-0.05, 0) is 52.9 Å². The number of hydrogen-bond donors (Lipinski definition) is 1. The van der Waals surface area contributed by atoms with Gasteiger partial charge in [0.15, 0.2) is 0 Å². The Morgan fingerprint density at radius 3 is 2.46 bits per heavy atom. The largest absolute Gasteiger partial charge is 0.487 e. The monoisotopic (exact) mass is 374 g/mol. The molecule has 0 aliphatic rings. The lowest BCUT2D eigenvalue weighted by atomic mass is 9.87.